The maximum absolute atomic E-state index is 4.02. The monoisotopic (exact) mass is 165 g/mol. The molecule has 1 rings (SSSR count). The molecule has 1 aromatic heterocycles. The smallest absolute Gasteiger partial charge is 0.139 e. The Hall–Kier alpha value is 0.144. The minimum Gasteiger partial charge on any atom is -0.225 e. The molecule has 0 aliphatic rings. The average molecular weight is 165 g/mol. The van der Waals surface area contributed by atoms with E-state index < -0.39 is 0 Å². The largest absolute Gasteiger partial charge is 0.225 e. The van der Waals surface area contributed by atoms with Gasteiger partial charge in [-0.1, -0.05) is 0 Å². The van der Waals surface area contributed by atoms with Gasteiger partial charge in [0, 0.05) is 18.6 Å². The van der Waals surface area contributed by atoms with Crippen LogP contribution in [-0.2, 0) is 18.6 Å². The molecule has 0 aliphatic carbocycles. The van der Waals surface area contributed by atoms with Crippen molar-refractivity contribution < 1.29 is 18.6 Å². The van der Waals surface area contributed by atoms with Crippen LogP contribution in [0.1, 0.15) is 10.8 Å². The second kappa shape index (κ2) is 3.23. The fourth-order valence-corrected chi connectivity index (χ4v) is 0.879. The van der Waals surface area contributed by atoms with E-state index in [1.54, 1.807) is 0 Å². The third-order valence-corrected chi connectivity index (χ3v) is 1.34. The van der Waals surface area contributed by atoms with Crippen molar-refractivity contribution in [2.45, 2.75) is 13.8 Å². The summed E-state index contributed by atoms with van der Waals surface area (Å²) in [6, 6.07) is 0. The number of hydrogen-bond donors (Lipinski definition) is 0. The van der Waals surface area contributed by atoms with Crippen LogP contribution in [0.5, 0.6) is 0 Å². The van der Waals surface area contributed by atoms with Crippen LogP contribution in [0.25, 0.3) is 0 Å². The molecule has 43 valence electrons. The molecule has 8 heavy (non-hydrogen) atoms. The molecule has 1 heterocycles. The van der Waals surface area contributed by atoms with E-state index in [0.29, 0.717) is 0 Å². The fraction of sp³-hybridized carbons (Fsp3) is 0.500. The fourth-order valence-electron chi connectivity index (χ4n) is 0.401. The summed E-state index contributed by atoms with van der Waals surface area (Å²) in [5.41, 5.74) is 0. The van der Waals surface area contributed by atoms with Gasteiger partial charge in [0.15, 0.2) is 0 Å². The Morgan fingerprint density at radius 2 is 2.00 bits per heavy atom. The van der Waals surface area contributed by atoms with Gasteiger partial charge >= 0.3 is 0 Å². The number of aryl methyl sites for hydroxylation is 2. The maximum atomic E-state index is 4.02. The zero-order chi connectivity index (χ0) is 5.28. The Morgan fingerprint density at radius 3 is 2.12 bits per heavy atom. The second-order valence-corrected chi connectivity index (χ2v) is 2.32. The van der Waals surface area contributed by atoms with Gasteiger partial charge in [0.05, 0.1) is 0 Å². The molecule has 1 aromatic rings. The van der Waals surface area contributed by atoms with Gasteiger partial charge in [-0.15, -0.1) is 0 Å². The SMILES string of the molecule is Cc1nsc(C)n1.[V]. The summed E-state index contributed by atoms with van der Waals surface area (Å²) in [5.74, 6) is 0.877. The molecule has 2 nitrogen and oxygen atoms in total. The summed E-state index contributed by atoms with van der Waals surface area (Å²) in [4.78, 5) is 4.02. The van der Waals surface area contributed by atoms with Gasteiger partial charge in [-0.2, -0.15) is 4.37 Å². The molecule has 0 saturated heterocycles. The van der Waals surface area contributed by atoms with Crippen molar-refractivity contribution in [1.29, 1.82) is 0 Å². The first-order valence-corrected chi connectivity index (χ1v) is 2.83. The molecule has 4 heteroatoms. The van der Waals surface area contributed by atoms with E-state index in [0.717, 1.165) is 10.8 Å². The third kappa shape index (κ3) is 1.94. The van der Waals surface area contributed by atoms with Gasteiger partial charge in [-0.3, -0.25) is 0 Å². The number of nitrogens with zero attached hydrogens (tertiary/aromatic N) is 2. The van der Waals surface area contributed by atoms with Crippen molar-refractivity contribution in [3.8, 4) is 0 Å². The summed E-state index contributed by atoms with van der Waals surface area (Å²) in [6.45, 7) is 3.84. The van der Waals surface area contributed by atoms with Crippen LogP contribution in [0.2, 0.25) is 0 Å². The normalized spacial score (nSPS) is 8.25. The first-order valence-electron chi connectivity index (χ1n) is 2.06. The summed E-state index contributed by atoms with van der Waals surface area (Å²) >= 11 is 1.44. The quantitative estimate of drug-likeness (QED) is 0.576. The minimum absolute atomic E-state index is 0. The van der Waals surface area contributed by atoms with Crippen LogP contribution in [0, 0.1) is 13.8 Å². The molecular weight excluding hydrogens is 159 g/mol. The van der Waals surface area contributed by atoms with Gasteiger partial charge in [0.25, 0.3) is 0 Å². The van der Waals surface area contributed by atoms with Crippen LogP contribution >= 0.6 is 11.5 Å². The predicted octanol–water partition coefficient (Wildman–Crippen LogP) is 1.15. The van der Waals surface area contributed by atoms with Crippen LogP contribution in [-0.4, -0.2) is 9.36 Å². The van der Waals surface area contributed by atoms with Gasteiger partial charge in [-0.25, -0.2) is 4.98 Å². The number of rotatable bonds is 0. The van der Waals surface area contributed by atoms with Crippen LogP contribution in [0.3, 0.4) is 0 Å². The Morgan fingerprint density at radius 1 is 1.38 bits per heavy atom. The molecule has 0 saturated carbocycles. The molecule has 0 atom stereocenters. The molecule has 0 fully saturated rings. The topological polar surface area (TPSA) is 25.8 Å². The Balaban J connectivity index is 0.000000490. The Bertz CT molecular complexity index is 146. The van der Waals surface area contributed by atoms with Gasteiger partial charge in [-0.05, 0) is 25.4 Å². The van der Waals surface area contributed by atoms with Crippen LogP contribution in [0.15, 0.2) is 0 Å². The third-order valence-electron chi connectivity index (χ3n) is 0.629. The van der Waals surface area contributed by atoms with Gasteiger partial charge in [0.1, 0.15) is 10.8 Å². The molecule has 0 aliphatic heterocycles. The van der Waals surface area contributed by atoms with E-state index in [9.17, 15) is 0 Å². The minimum atomic E-state index is 0. The molecule has 0 unspecified atom stereocenters. The second-order valence-electron chi connectivity index (χ2n) is 1.36. The van der Waals surface area contributed by atoms with E-state index in [-0.39, 0.29) is 18.6 Å². The Labute approximate surface area is 64.4 Å². The standard InChI is InChI=1S/C4H6N2S.V/c1-3-5-4(2)7-6-3;/h1-2H3;. The van der Waals surface area contributed by atoms with Gasteiger partial charge < -0.3 is 0 Å². The summed E-state index contributed by atoms with van der Waals surface area (Å²) < 4.78 is 3.95. The van der Waals surface area contributed by atoms with Crippen molar-refractivity contribution >= 4 is 11.5 Å². The summed E-state index contributed by atoms with van der Waals surface area (Å²) in [5, 5.41) is 1.04. The van der Waals surface area contributed by atoms with E-state index in [1.807, 2.05) is 13.8 Å². The average Bonchev–Trinajstić information content (AvgIpc) is 1.87. The number of hydrogen-bond acceptors (Lipinski definition) is 3. The molecule has 0 aromatic carbocycles. The van der Waals surface area contributed by atoms with Crippen molar-refractivity contribution in [3.05, 3.63) is 10.8 Å². The molecule has 0 spiro atoms. The maximum Gasteiger partial charge on any atom is 0.139 e. The van der Waals surface area contributed by atoms with E-state index >= 15 is 0 Å². The molecule has 0 amide bonds. The summed E-state index contributed by atoms with van der Waals surface area (Å²) in [6.07, 6.45) is 0. The number of aromatic nitrogens is 2. The van der Waals surface area contributed by atoms with E-state index in [4.69, 9.17) is 0 Å². The predicted molar refractivity (Wildman–Crippen MR) is 29.4 cm³/mol. The molecule has 0 N–H and O–H groups in total. The van der Waals surface area contributed by atoms with E-state index in [2.05, 4.69) is 9.36 Å². The van der Waals surface area contributed by atoms with Gasteiger partial charge in [0.2, 0.25) is 0 Å². The zero-order valence-electron chi connectivity index (χ0n) is 4.75. The first kappa shape index (κ1) is 8.14. The molecule has 1 radical (unpaired) electrons. The van der Waals surface area contributed by atoms with Crippen molar-refractivity contribution in [2.24, 2.45) is 0 Å². The van der Waals surface area contributed by atoms with Crippen LogP contribution < -0.4 is 0 Å². The van der Waals surface area contributed by atoms with Crippen LogP contribution in [0.4, 0.5) is 0 Å². The molecule has 0 bridgehead atoms. The van der Waals surface area contributed by atoms with Crippen molar-refractivity contribution in [3.63, 3.8) is 0 Å². The van der Waals surface area contributed by atoms with E-state index in [1.165, 1.54) is 11.5 Å². The van der Waals surface area contributed by atoms with Crippen molar-refractivity contribution in [2.75, 3.05) is 0 Å². The zero-order valence-corrected chi connectivity index (χ0v) is 6.96. The summed E-state index contributed by atoms with van der Waals surface area (Å²) in [7, 11) is 0. The molecular formula is C4H6N2SV. The van der Waals surface area contributed by atoms with Crippen molar-refractivity contribution in [1.82, 2.24) is 9.36 Å². The Kier molecular flexibility index (Phi) is 3.28. The first-order chi connectivity index (χ1) is 3.29.